The van der Waals surface area contributed by atoms with E-state index in [-0.39, 0.29) is 0 Å². The van der Waals surface area contributed by atoms with Crippen LogP contribution in [0.2, 0.25) is 0 Å². The Labute approximate surface area is 93.8 Å². The molecule has 0 spiro atoms. The van der Waals surface area contributed by atoms with E-state index in [1.807, 2.05) is 24.4 Å². The highest BCUT2D eigenvalue weighted by atomic mass is 15.1. The predicted octanol–water partition coefficient (Wildman–Crippen LogP) is 2.11. The molecule has 2 aromatic rings. The Morgan fingerprint density at radius 3 is 2.94 bits per heavy atom. The number of anilines is 1. The Hall–Kier alpha value is -1.97. The summed E-state index contributed by atoms with van der Waals surface area (Å²) in [5.41, 5.74) is 1.93. The minimum atomic E-state index is 0.608. The second-order valence-electron chi connectivity index (χ2n) is 3.95. The van der Waals surface area contributed by atoms with Gasteiger partial charge in [0.15, 0.2) is 0 Å². The monoisotopic (exact) mass is 212 g/mol. The Balaban J connectivity index is 1.89. The lowest BCUT2D eigenvalue weighted by atomic mass is 10.2. The smallest absolute Gasteiger partial charge is 0.130 e. The molecule has 0 bridgehead atoms. The average molecular weight is 212 g/mol. The van der Waals surface area contributed by atoms with Gasteiger partial charge in [0.2, 0.25) is 0 Å². The van der Waals surface area contributed by atoms with Crippen molar-refractivity contribution in [2.24, 2.45) is 0 Å². The van der Waals surface area contributed by atoms with E-state index in [9.17, 15) is 0 Å². The molecule has 2 heterocycles. The zero-order chi connectivity index (χ0) is 10.8. The maximum atomic E-state index is 4.25. The van der Waals surface area contributed by atoms with Crippen LogP contribution in [0.4, 0.5) is 5.82 Å². The van der Waals surface area contributed by atoms with Gasteiger partial charge in [-0.05, 0) is 25.0 Å². The fourth-order valence-electron chi connectivity index (χ4n) is 1.55. The van der Waals surface area contributed by atoms with Gasteiger partial charge in [0.1, 0.15) is 12.1 Å². The van der Waals surface area contributed by atoms with E-state index in [1.165, 1.54) is 12.8 Å². The molecular formula is C12H12N4. The fourth-order valence-corrected chi connectivity index (χ4v) is 1.55. The Kier molecular flexibility index (Phi) is 2.25. The van der Waals surface area contributed by atoms with Crippen LogP contribution in [-0.4, -0.2) is 21.0 Å². The van der Waals surface area contributed by atoms with E-state index in [4.69, 9.17) is 0 Å². The van der Waals surface area contributed by atoms with Gasteiger partial charge in [-0.2, -0.15) is 0 Å². The predicted molar refractivity (Wildman–Crippen MR) is 61.9 cm³/mol. The Morgan fingerprint density at radius 1 is 1.25 bits per heavy atom. The van der Waals surface area contributed by atoms with Crippen LogP contribution in [0.1, 0.15) is 12.8 Å². The summed E-state index contributed by atoms with van der Waals surface area (Å²) in [5.74, 6) is 0.899. The van der Waals surface area contributed by atoms with E-state index in [2.05, 4.69) is 20.3 Å². The van der Waals surface area contributed by atoms with Crippen LogP contribution in [-0.2, 0) is 0 Å². The summed E-state index contributed by atoms with van der Waals surface area (Å²) in [5, 5.41) is 3.35. The molecule has 0 atom stereocenters. The first kappa shape index (κ1) is 9.27. The minimum Gasteiger partial charge on any atom is -0.367 e. The SMILES string of the molecule is c1cncc(-c2cc(NC3CC3)ncn2)c1. The van der Waals surface area contributed by atoms with Crippen LogP contribution in [0, 0.1) is 0 Å². The van der Waals surface area contributed by atoms with Crippen molar-refractivity contribution in [2.75, 3.05) is 5.32 Å². The van der Waals surface area contributed by atoms with E-state index in [0.29, 0.717) is 6.04 Å². The summed E-state index contributed by atoms with van der Waals surface area (Å²) in [7, 11) is 0. The number of aromatic nitrogens is 3. The van der Waals surface area contributed by atoms with Crippen molar-refractivity contribution in [3.63, 3.8) is 0 Å². The van der Waals surface area contributed by atoms with E-state index in [1.54, 1.807) is 12.5 Å². The highest BCUT2D eigenvalue weighted by Gasteiger charge is 2.21. The third-order valence-electron chi connectivity index (χ3n) is 2.55. The molecule has 0 amide bonds. The van der Waals surface area contributed by atoms with Gasteiger partial charge in [0.25, 0.3) is 0 Å². The van der Waals surface area contributed by atoms with Gasteiger partial charge in [0, 0.05) is 30.1 Å². The number of rotatable bonds is 3. The second-order valence-corrected chi connectivity index (χ2v) is 3.95. The van der Waals surface area contributed by atoms with E-state index in [0.717, 1.165) is 17.1 Å². The maximum Gasteiger partial charge on any atom is 0.130 e. The highest BCUT2D eigenvalue weighted by molar-refractivity contribution is 5.61. The summed E-state index contributed by atoms with van der Waals surface area (Å²) in [6.07, 6.45) is 7.64. The van der Waals surface area contributed by atoms with Gasteiger partial charge in [-0.25, -0.2) is 9.97 Å². The van der Waals surface area contributed by atoms with Gasteiger partial charge in [-0.1, -0.05) is 0 Å². The normalized spacial score (nSPS) is 14.8. The third kappa shape index (κ3) is 2.00. The lowest BCUT2D eigenvalue weighted by Crippen LogP contribution is -2.03. The average Bonchev–Trinajstić information content (AvgIpc) is 3.15. The molecule has 1 fully saturated rings. The molecule has 0 aromatic carbocycles. The fraction of sp³-hybridized carbons (Fsp3) is 0.250. The number of hydrogen-bond donors (Lipinski definition) is 1. The van der Waals surface area contributed by atoms with Crippen molar-refractivity contribution in [2.45, 2.75) is 18.9 Å². The molecule has 0 aliphatic heterocycles. The van der Waals surface area contributed by atoms with Crippen LogP contribution in [0.3, 0.4) is 0 Å². The van der Waals surface area contributed by atoms with Crippen molar-refractivity contribution in [1.29, 1.82) is 0 Å². The lowest BCUT2D eigenvalue weighted by Gasteiger charge is -2.04. The molecule has 4 heteroatoms. The Morgan fingerprint density at radius 2 is 2.19 bits per heavy atom. The summed E-state index contributed by atoms with van der Waals surface area (Å²) < 4.78 is 0. The zero-order valence-corrected chi connectivity index (χ0v) is 8.80. The number of nitrogens with one attached hydrogen (secondary N) is 1. The number of pyridine rings is 1. The highest BCUT2D eigenvalue weighted by Crippen LogP contribution is 2.25. The van der Waals surface area contributed by atoms with Gasteiger partial charge >= 0.3 is 0 Å². The van der Waals surface area contributed by atoms with Crippen LogP contribution in [0.5, 0.6) is 0 Å². The van der Waals surface area contributed by atoms with Gasteiger partial charge in [-0.15, -0.1) is 0 Å². The maximum absolute atomic E-state index is 4.25. The number of nitrogens with zero attached hydrogens (tertiary/aromatic N) is 3. The lowest BCUT2D eigenvalue weighted by molar-refractivity contribution is 1.08. The third-order valence-corrected chi connectivity index (χ3v) is 2.55. The van der Waals surface area contributed by atoms with Gasteiger partial charge < -0.3 is 5.32 Å². The van der Waals surface area contributed by atoms with Gasteiger partial charge in [0.05, 0.1) is 5.69 Å². The molecule has 80 valence electrons. The summed E-state index contributed by atoms with van der Waals surface area (Å²) >= 11 is 0. The van der Waals surface area contributed by atoms with Crippen LogP contribution < -0.4 is 5.32 Å². The van der Waals surface area contributed by atoms with Crippen molar-refractivity contribution < 1.29 is 0 Å². The standard InChI is InChI=1S/C12H12N4/c1-2-9(7-13-5-1)11-6-12(15-8-14-11)16-10-3-4-10/h1-2,5-8,10H,3-4H2,(H,14,15,16). The molecule has 16 heavy (non-hydrogen) atoms. The molecule has 4 nitrogen and oxygen atoms in total. The summed E-state index contributed by atoms with van der Waals surface area (Å²) in [4.78, 5) is 12.5. The van der Waals surface area contributed by atoms with Crippen LogP contribution in [0.25, 0.3) is 11.3 Å². The minimum absolute atomic E-state index is 0.608. The first-order valence-electron chi connectivity index (χ1n) is 5.41. The summed E-state index contributed by atoms with van der Waals surface area (Å²) in [6.45, 7) is 0. The Bertz CT molecular complexity index is 479. The van der Waals surface area contributed by atoms with Crippen LogP contribution >= 0.6 is 0 Å². The molecule has 1 aliphatic rings. The van der Waals surface area contributed by atoms with Crippen LogP contribution in [0.15, 0.2) is 36.9 Å². The topological polar surface area (TPSA) is 50.7 Å². The molecule has 3 rings (SSSR count). The molecule has 0 radical (unpaired) electrons. The first-order valence-corrected chi connectivity index (χ1v) is 5.41. The quantitative estimate of drug-likeness (QED) is 0.846. The van der Waals surface area contributed by atoms with Crippen molar-refractivity contribution in [3.8, 4) is 11.3 Å². The molecule has 2 aromatic heterocycles. The largest absolute Gasteiger partial charge is 0.367 e. The first-order chi connectivity index (χ1) is 7.92. The molecule has 0 saturated heterocycles. The molecular weight excluding hydrogens is 200 g/mol. The van der Waals surface area contributed by atoms with Crippen molar-refractivity contribution in [3.05, 3.63) is 36.9 Å². The molecule has 1 aliphatic carbocycles. The summed E-state index contributed by atoms with van der Waals surface area (Å²) in [6, 6.07) is 6.48. The van der Waals surface area contributed by atoms with Crippen molar-refractivity contribution >= 4 is 5.82 Å². The van der Waals surface area contributed by atoms with E-state index >= 15 is 0 Å². The molecule has 1 N–H and O–H groups in total. The zero-order valence-electron chi connectivity index (χ0n) is 8.80. The molecule has 1 saturated carbocycles. The van der Waals surface area contributed by atoms with E-state index < -0.39 is 0 Å². The number of hydrogen-bond acceptors (Lipinski definition) is 4. The van der Waals surface area contributed by atoms with Gasteiger partial charge in [-0.3, -0.25) is 4.98 Å². The molecule has 0 unspecified atom stereocenters. The van der Waals surface area contributed by atoms with Crippen molar-refractivity contribution in [1.82, 2.24) is 15.0 Å². The second kappa shape index (κ2) is 3.89.